The van der Waals surface area contributed by atoms with Crippen molar-refractivity contribution >= 4 is 37.9 Å². The molecule has 2 aromatic rings. The summed E-state index contributed by atoms with van der Waals surface area (Å²) in [6, 6.07) is 6.57. The van der Waals surface area contributed by atoms with Gasteiger partial charge in [0.15, 0.2) is 9.04 Å². The molecule has 0 unspecified atom stereocenters. The van der Waals surface area contributed by atoms with Crippen LogP contribution in [0, 0.1) is 23.2 Å². The average Bonchev–Trinajstić information content (AvgIpc) is 3.17. The van der Waals surface area contributed by atoms with E-state index >= 15 is 0 Å². The van der Waals surface area contributed by atoms with Crippen molar-refractivity contribution in [3.63, 3.8) is 0 Å². The molecule has 0 saturated carbocycles. The second-order valence-corrected chi connectivity index (χ2v) is 14.5. The summed E-state index contributed by atoms with van der Waals surface area (Å²) in [5.41, 5.74) is 0.181. The van der Waals surface area contributed by atoms with Crippen LogP contribution in [0.1, 0.15) is 48.5 Å². The fourth-order valence-electron chi connectivity index (χ4n) is 4.69. The summed E-state index contributed by atoms with van der Waals surface area (Å²) in [5.74, 6) is -2.68. The van der Waals surface area contributed by atoms with E-state index in [1.165, 1.54) is 4.90 Å². The predicted molar refractivity (Wildman–Crippen MR) is 141 cm³/mol. The first kappa shape index (κ1) is 28.8. The van der Waals surface area contributed by atoms with Gasteiger partial charge in [-0.3, -0.25) is 9.59 Å². The molecule has 1 aromatic heterocycles. The maximum atomic E-state index is 13.5. The number of likely N-dealkylation sites (tertiary alicyclic amines) is 1. The normalized spacial score (nSPS) is 20.1. The summed E-state index contributed by atoms with van der Waals surface area (Å²) in [4.78, 5) is 47.7. The van der Waals surface area contributed by atoms with Gasteiger partial charge in [-0.1, -0.05) is 37.7 Å². The van der Waals surface area contributed by atoms with Gasteiger partial charge in [0.25, 0.3) is 0 Å². The third-order valence-electron chi connectivity index (χ3n) is 6.55. The van der Waals surface area contributed by atoms with Gasteiger partial charge >= 0.3 is 11.9 Å². The number of nitrogens with zero attached hydrogens (tertiary/aromatic N) is 4. The van der Waals surface area contributed by atoms with Crippen molar-refractivity contribution in [2.75, 3.05) is 13.2 Å². The number of carbonyl (C=O) groups excluding carboxylic acids is 3. The summed E-state index contributed by atoms with van der Waals surface area (Å²) >= 11 is 0. The Labute approximate surface area is 220 Å². The zero-order valence-electron chi connectivity index (χ0n) is 23.3. The minimum absolute atomic E-state index is 0.155. The van der Waals surface area contributed by atoms with Crippen molar-refractivity contribution < 1.29 is 28.4 Å². The van der Waals surface area contributed by atoms with Crippen molar-refractivity contribution in [3.05, 3.63) is 24.3 Å². The number of esters is 1. The molecule has 1 amide bonds. The van der Waals surface area contributed by atoms with Gasteiger partial charge in [-0.25, -0.2) is 4.79 Å². The standard InChI is InChI=1S/C26H40N4O6Si/c1-16(24(33)36-30-19-13-11-10-12-18(19)27-28-30)22-21(17(25(2,3)4)15-34-37(8)9)23(32)29(22)14-20(31)35-26(5,6)7/h10-13,16-17,21-22,37H,14-15H2,1-9H3/t16-,17-,21+,22-/m1/s1. The van der Waals surface area contributed by atoms with Crippen molar-refractivity contribution in [1.82, 2.24) is 20.1 Å². The number of β-lactam (4-membered cyclic amide) rings is 1. The number of hydrogen-bond donors (Lipinski definition) is 0. The van der Waals surface area contributed by atoms with E-state index in [2.05, 4.69) is 44.2 Å². The minimum atomic E-state index is -1.35. The Morgan fingerprint density at radius 3 is 2.35 bits per heavy atom. The molecule has 0 N–H and O–H groups in total. The number of aromatic nitrogens is 3. The fourth-order valence-corrected chi connectivity index (χ4v) is 5.29. The molecule has 1 aliphatic rings. The second kappa shape index (κ2) is 10.9. The lowest BCUT2D eigenvalue weighted by atomic mass is 9.64. The molecule has 2 heterocycles. The number of fused-ring (bicyclic) bond motifs is 1. The molecule has 0 radical (unpaired) electrons. The lowest BCUT2D eigenvalue weighted by Gasteiger charge is -2.54. The minimum Gasteiger partial charge on any atom is -0.459 e. The van der Waals surface area contributed by atoms with Gasteiger partial charge in [0.1, 0.15) is 23.2 Å². The molecule has 0 spiro atoms. The van der Waals surface area contributed by atoms with Crippen LogP contribution in [0.25, 0.3) is 11.0 Å². The van der Waals surface area contributed by atoms with E-state index < -0.39 is 44.5 Å². The topological polar surface area (TPSA) is 113 Å². The van der Waals surface area contributed by atoms with Gasteiger partial charge in [-0.2, -0.15) is 0 Å². The SMILES string of the molecule is C[C@@H](C(=O)On1nnc2ccccc21)[C@@H]1[C@H]([C@@H](CO[SiH](C)C)C(C)(C)C)C(=O)N1CC(=O)OC(C)(C)C. The monoisotopic (exact) mass is 532 g/mol. The highest BCUT2D eigenvalue weighted by Gasteiger charge is 2.57. The van der Waals surface area contributed by atoms with Gasteiger partial charge in [0.2, 0.25) is 5.91 Å². The Bertz CT molecular complexity index is 1140. The van der Waals surface area contributed by atoms with E-state index in [0.717, 1.165) is 4.85 Å². The van der Waals surface area contributed by atoms with E-state index in [0.29, 0.717) is 17.6 Å². The summed E-state index contributed by atoms with van der Waals surface area (Å²) < 4.78 is 11.5. The van der Waals surface area contributed by atoms with Crippen molar-refractivity contribution in [2.24, 2.45) is 23.2 Å². The van der Waals surface area contributed by atoms with E-state index in [4.69, 9.17) is 14.0 Å². The number of ether oxygens (including phenoxy) is 1. The lowest BCUT2D eigenvalue weighted by Crippen LogP contribution is -2.69. The largest absolute Gasteiger partial charge is 0.459 e. The zero-order chi connectivity index (χ0) is 27.7. The zero-order valence-corrected chi connectivity index (χ0v) is 24.5. The Balaban J connectivity index is 1.89. The van der Waals surface area contributed by atoms with Crippen LogP contribution in [0.15, 0.2) is 24.3 Å². The van der Waals surface area contributed by atoms with Gasteiger partial charge in [-0.05, 0) is 69.5 Å². The first-order valence-electron chi connectivity index (χ1n) is 12.8. The van der Waals surface area contributed by atoms with Gasteiger partial charge < -0.3 is 18.9 Å². The van der Waals surface area contributed by atoms with E-state index in [1.807, 2.05) is 6.07 Å². The third-order valence-corrected chi connectivity index (χ3v) is 7.41. The van der Waals surface area contributed by atoms with E-state index in [1.54, 1.807) is 45.9 Å². The third kappa shape index (κ3) is 6.75. The van der Waals surface area contributed by atoms with Crippen LogP contribution in [0.3, 0.4) is 0 Å². The molecule has 204 valence electrons. The number of hydrogen-bond acceptors (Lipinski definition) is 8. The molecule has 1 aliphatic heterocycles. The second-order valence-electron chi connectivity index (χ2n) is 12.1. The van der Waals surface area contributed by atoms with Crippen LogP contribution in [0.5, 0.6) is 0 Å². The molecule has 1 fully saturated rings. The van der Waals surface area contributed by atoms with Gasteiger partial charge in [0.05, 0.1) is 17.9 Å². The van der Waals surface area contributed by atoms with Crippen LogP contribution < -0.4 is 4.84 Å². The van der Waals surface area contributed by atoms with Crippen LogP contribution >= 0.6 is 0 Å². The first-order chi connectivity index (χ1) is 17.1. The van der Waals surface area contributed by atoms with Crippen LogP contribution in [-0.4, -0.2) is 71.7 Å². The smallest absolute Gasteiger partial charge is 0.339 e. The highest BCUT2D eigenvalue weighted by Crippen LogP contribution is 2.44. The predicted octanol–water partition coefficient (Wildman–Crippen LogP) is 2.85. The number of benzene rings is 1. The molecule has 0 aliphatic carbocycles. The maximum Gasteiger partial charge on any atom is 0.339 e. The lowest BCUT2D eigenvalue weighted by molar-refractivity contribution is -0.184. The molecule has 1 saturated heterocycles. The Morgan fingerprint density at radius 1 is 1.11 bits per heavy atom. The quantitative estimate of drug-likeness (QED) is 0.210. The molecule has 11 heteroatoms. The molecule has 37 heavy (non-hydrogen) atoms. The number of para-hydroxylation sites is 1. The molecule has 1 aromatic carbocycles. The number of amides is 1. The van der Waals surface area contributed by atoms with Gasteiger partial charge in [-0.15, -0.1) is 5.10 Å². The first-order valence-corrected chi connectivity index (χ1v) is 15.5. The summed E-state index contributed by atoms with van der Waals surface area (Å²) in [7, 11) is -1.35. The summed E-state index contributed by atoms with van der Waals surface area (Å²) in [5, 5.41) is 7.96. The molecular formula is C26H40N4O6Si. The molecular weight excluding hydrogens is 492 g/mol. The fraction of sp³-hybridized carbons (Fsp3) is 0.654. The summed E-state index contributed by atoms with van der Waals surface area (Å²) in [6.07, 6.45) is 0. The van der Waals surface area contributed by atoms with Crippen LogP contribution in [0.4, 0.5) is 0 Å². The molecule has 4 atom stereocenters. The summed E-state index contributed by atoms with van der Waals surface area (Å²) in [6.45, 7) is 17.6. The van der Waals surface area contributed by atoms with Crippen molar-refractivity contribution in [3.8, 4) is 0 Å². The molecule has 3 rings (SSSR count). The number of rotatable bonds is 9. The Hall–Kier alpha value is -2.79. The highest BCUT2D eigenvalue weighted by molar-refractivity contribution is 6.48. The van der Waals surface area contributed by atoms with Crippen LogP contribution in [0.2, 0.25) is 13.1 Å². The van der Waals surface area contributed by atoms with Gasteiger partial charge in [0, 0.05) is 6.61 Å². The Morgan fingerprint density at radius 2 is 1.76 bits per heavy atom. The van der Waals surface area contributed by atoms with Crippen molar-refractivity contribution in [2.45, 2.75) is 73.2 Å². The van der Waals surface area contributed by atoms with E-state index in [-0.39, 0.29) is 23.8 Å². The number of carbonyl (C=O) groups is 3. The maximum absolute atomic E-state index is 13.5. The van der Waals surface area contributed by atoms with E-state index in [9.17, 15) is 14.4 Å². The molecule has 10 nitrogen and oxygen atoms in total. The molecule has 0 bridgehead atoms. The van der Waals surface area contributed by atoms with Crippen LogP contribution in [-0.2, 0) is 23.5 Å². The highest BCUT2D eigenvalue weighted by atomic mass is 28.3. The van der Waals surface area contributed by atoms with Crippen molar-refractivity contribution in [1.29, 1.82) is 0 Å². The Kier molecular flexibility index (Phi) is 8.48. The average molecular weight is 533 g/mol.